The van der Waals surface area contributed by atoms with Crippen LogP contribution < -0.4 is 4.74 Å². The zero-order chi connectivity index (χ0) is 31.4. The highest BCUT2D eigenvalue weighted by atomic mass is 16.5. The van der Waals surface area contributed by atoms with E-state index in [0.717, 1.165) is 5.56 Å². The fourth-order valence-corrected chi connectivity index (χ4v) is 5.63. The lowest BCUT2D eigenvalue weighted by Gasteiger charge is -2.40. The van der Waals surface area contributed by atoms with E-state index in [2.05, 4.69) is 0 Å². The molecular weight excluding hydrogens is 564 g/mol. The van der Waals surface area contributed by atoms with E-state index in [1.165, 1.54) is 49.6 Å². The minimum absolute atomic E-state index is 0.00129. The molecule has 1 aliphatic heterocycles. The number of ketones is 1. The fourth-order valence-electron chi connectivity index (χ4n) is 5.63. The molecule has 0 spiro atoms. The highest BCUT2D eigenvalue weighted by molar-refractivity contribution is 6.11. The third-order valence-electron chi connectivity index (χ3n) is 7.93. The van der Waals surface area contributed by atoms with Gasteiger partial charge in [-0.3, -0.25) is 4.79 Å². The third kappa shape index (κ3) is 6.64. The molecule has 5 rings (SSSR count). The van der Waals surface area contributed by atoms with Crippen molar-refractivity contribution < 1.29 is 44.9 Å². The number of aliphatic hydroxyl groups excluding tert-OH is 1. The van der Waals surface area contributed by atoms with E-state index < -0.39 is 35.8 Å². The van der Waals surface area contributed by atoms with Crippen LogP contribution in [-0.4, -0.2) is 55.7 Å². The van der Waals surface area contributed by atoms with Crippen molar-refractivity contribution in [1.29, 1.82) is 0 Å². The second-order valence-electron chi connectivity index (χ2n) is 10.8. The summed E-state index contributed by atoms with van der Waals surface area (Å²) in [7, 11) is 1.32. The van der Waals surface area contributed by atoms with Gasteiger partial charge in [0.15, 0.2) is 5.78 Å². The minimum Gasteiger partial charge on any atom is -0.508 e. The van der Waals surface area contributed by atoms with Gasteiger partial charge in [-0.2, -0.15) is 0 Å². The number of rotatable bonds is 9. The first-order valence-corrected chi connectivity index (χ1v) is 14.2. The van der Waals surface area contributed by atoms with Crippen LogP contribution in [0.5, 0.6) is 34.5 Å². The number of phenols is 5. The second-order valence-corrected chi connectivity index (χ2v) is 10.8. The zero-order valence-corrected chi connectivity index (χ0v) is 24.0. The molecule has 4 aromatic rings. The Kier molecular flexibility index (Phi) is 9.08. The summed E-state index contributed by atoms with van der Waals surface area (Å²) < 4.78 is 11.7. The van der Waals surface area contributed by atoms with Crippen molar-refractivity contribution in [2.75, 3.05) is 7.11 Å². The molecule has 1 fully saturated rings. The van der Waals surface area contributed by atoms with Crippen molar-refractivity contribution >= 4 is 11.9 Å². The lowest BCUT2D eigenvalue weighted by Crippen LogP contribution is -2.39. The Morgan fingerprint density at radius 1 is 0.886 bits per heavy atom. The molecule has 6 N–H and O–H groups in total. The summed E-state index contributed by atoms with van der Waals surface area (Å²) in [6.07, 6.45) is 1.60. The monoisotopic (exact) mass is 598 g/mol. The maximum absolute atomic E-state index is 13.4. The number of methoxy groups -OCH3 is 1. The number of ether oxygens (including phenoxy) is 2. The van der Waals surface area contributed by atoms with Crippen molar-refractivity contribution in [3.05, 3.63) is 113 Å². The molecule has 0 unspecified atom stereocenters. The van der Waals surface area contributed by atoms with Crippen LogP contribution in [0.1, 0.15) is 57.5 Å². The normalized spacial score (nSPS) is 20.0. The lowest BCUT2D eigenvalue weighted by atomic mass is 9.78. The molecule has 1 saturated heterocycles. The van der Waals surface area contributed by atoms with Gasteiger partial charge in [-0.05, 0) is 78.4 Å². The summed E-state index contributed by atoms with van der Waals surface area (Å²) >= 11 is 0. The van der Waals surface area contributed by atoms with E-state index >= 15 is 0 Å². The van der Waals surface area contributed by atoms with E-state index in [1.807, 2.05) is 12.1 Å². The molecule has 228 valence electrons. The molecular formula is C35H34O9. The lowest BCUT2D eigenvalue weighted by molar-refractivity contribution is -0.133. The van der Waals surface area contributed by atoms with Crippen molar-refractivity contribution in [2.24, 2.45) is 0 Å². The average molecular weight is 599 g/mol. The number of carbonyl (C=O) groups excluding carboxylic acids is 1. The first kappa shape index (κ1) is 30.5. The Balaban J connectivity index is 1.51. The van der Waals surface area contributed by atoms with E-state index in [4.69, 9.17) is 9.47 Å². The topological polar surface area (TPSA) is 157 Å². The van der Waals surface area contributed by atoms with Crippen LogP contribution in [0.4, 0.5) is 0 Å². The van der Waals surface area contributed by atoms with Gasteiger partial charge >= 0.3 is 0 Å². The van der Waals surface area contributed by atoms with Crippen LogP contribution >= 0.6 is 0 Å². The van der Waals surface area contributed by atoms with Gasteiger partial charge in [0.1, 0.15) is 46.2 Å². The maximum atomic E-state index is 13.4. The third-order valence-corrected chi connectivity index (χ3v) is 7.93. The average Bonchev–Trinajstić information content (AvgIpc) is 3.01. The summed E-state index contributed by atoms with van der Waals surface area (Å²) in [6.45, 7) is 0. The van der Waals surface area contributed by atoms with Gasteiger partial charge < -0.3 is 40.1 Å². The predicted molar refractivity (Wildman–Crippen MR) is 163 cm³/mol. The standard InChI is InChI=1S/C35H34O9/c1-43-30-19-29(40)31(34(42)32(30)28(39)17-7-21-4-12-24(37)13-5-21)27-18-26(16-6-20-2-10-23(36)11-3-20)44-35(33(27)41)22-8-14-25(38)15-9-22/h2-5,7-15,17,19,26-27,33,35-38,40-42H,6,16,18H2,1H3/b17-7+/t26-,27-,33-,35+/m0/s1. The van der Waals surface area contributed by atoms with Crippen LogP contribution in [0.15, 0.2) is 84.9 Å². The molecule has 0 saturated carbocycles. The number of benzene rings is 4. The second kappa shape index (κ2) is 13.1. The quantitative estimate of drug-likeness (QED) is 0.105. The number of aromatic hydroxyl groups is 5. The maximum Gasteiger partial charge on any atom is 0.193 e. The van der Waals surface area contributed by atoms with Crippen molar-refractivity contribution in [3.63, 3.8) is 0 Å². The Labute approximate surface area is 254 Å². The van der Waals surface area contributed by atoms with Gasteiger partial charge in [-0.25, -0.2) is 0 Å². The highest BCUT2D eigenvalue weighted by Gasteiger charge is 2.42. The molecule has 9 nitrogen and oxygen atoms in total. The molecule has 4 aromatic carbocycles. The fraction of sp³-hybridized carbons (Fsp3) is 0.229. The number of hydrogen-bond donors (Lipinski definition) is 6. The number of carbonyl (C=O) groups is 1. The first-order valence-electron chi connectivity index (χ1n) is 14.2. The molecule has 0 amide bonds. The Bertz CT molecular complexity index is 1630. The van der Waals surface area contributed by atoms with Crippen molar-refractivity contribution in [1.82, 2.24) is 0 Å². The largest absolute Gasteiger partial charge is 0.508 e. The summed E-state index contributed by atoms with van der Waals surface area (Å²) in [5, 5.41) is 63.3. The summed E-state index contributed by atoms with van der Waals surface area (Å²) in [5.41, 5.74) is 2.04. The van der Waals surface area contributed by atoms with E-state index in [1.54, 1.807) is 36.4 Å². The number of allylic oxidation sites excluding steroid dienone is 1. The van der Waals surface area contributed by atoms with Gasteiger partial charge in [-0.15, -0.1) is 0 Å². The number of phenolic OH excluding ortho intramolecular Hbond substituents is 5. The minimum atomic E-state index is -1.23. The Morgan fingerprint density at radius 2 is 1.48 bits per heavy atom. The van der Waals surface area contributed by atoms with Gasteiger partial charge in [-0.1, -0.05) is 42.5 Å². The van der Waals surface area contributed by atoms with E-state index in [9.17, 15) is 35.4 Å². The molecule has 1 heterocycles. The predicted octanol–water partition coefficient (Wildman–Crippen LogP) is 5.73. The molecule has 0 radical (unpaired) electrons. The molecule has 4 atom stereocenters. The molecule has 9 heteroatoms. The number of aryl methyl sites for hydroxylation is 1. The summed E-state index contributed by atoms with van der Waals surface area (Å²) in [5.74, 6) is -2.02. The highest BCUT2D eigenvalue weighted by Crippen LogP contribution is 2.50. The Hall–Kier alpha value is -4.99. The zero-order valence-electron chi connectivity index (χ0n) is 24.0. The van der Waals surface area contributed by atoms with Crippen molar-refractivity contribution in [2.45, 2.75) is 43.5 Å². The van der Waals surface area contributed by atoms with Crippen LogP contribution in [0, 0.1) is 0 Å². The van der Waals surface area contributed by atoms with Crippen LogP contribution in [0.2, 0.25) is 0 Å². The van der Waals surface area contributed by atoms with Gasteiger partial charge in [0, 0.05) is 17.5 Å². The van der Waals surface area contributed by atoms with E-state index in [0.29, 0.717) is 24.0 Å². The molecule has 1 aliphatic rings. The molecule has 44 heavy (non-hydrogen) atoms. The van der Waals surface area contributed by atoms with E-state index in [-0.39, 0.29) is 46.3 Å². The number of hydrogen-bond acceptors (Lipinski definition) is 9. The molecule has 0 bridgehead atoms. The smallest absolute Gasteiger partial charge is 0.193 e. The van der Waals surface area contributed by atoms with Crippen LogP contribution in [-0.2, 0) is 11.2 Å². The van der Waals surface area contributed by atoms with Gasteiger partial charge in [0.05, 0.1) is 19.3 Å². The SMILES string of the molecule is COc1cc(O)c([C@@H]2C[C@H](CCc3ccc(O)cc3)O[C@H](c3ccc(O)cc3)[C@H]2O)c(O)c1C(=O)/C=C/c1ccc(O)cc1. The number of aliphatic hydroxyl groups is 1. The molecule has 0 aromatic heterocycles. The van der Waals surface area contributed by atoms with Gasteiger partial charge in [0.2, 0.25) is 0 Å². The van der Waals surface area contributed by atoms with Crippen molar-refractivity contribution in [3.8, 4) is 34.5 Å². The summed E-state index contributed by atoms with van der Waals surface area (Å²) in [4.78, 5) is 13.4. The summed E-state index contributed by atoms with van der Waals surface area (Å²) in [6, 6.07) is 20.5. The molecule has 0 aliphatic carbocycles. The Morgan fingerprint density at radius 3 is 2.09 bits per heavy atom. The van der Waals surface area contributed by atoms with Gasteiger partial charge in [0.25, 0.3) is 0 Å². The first-order chi connectivity index (χ1) is 21.1. The van der Waals surface area contributed by atoms with Crippen LogP contribution in [0.25, 0.3) is 6.08 Å². The van der Waals surface area contributed by atoms with Crippen LogP contribution in [0.3, 0.4) is 0 Å².